The molecule has 2 N–H and O–H groups in total. The van der Waals surface area contributed by atoms with Gasteiger partial charge in [0.15, 0.2) is 11.7 Å². The van der Waals surface area contributed by atoms with Crippen molar-refractivity contribution in [2.24, 2.45) is 4.99 Å². The fraction of sp³-hybridized carbons (Fsp3) is 0.444. The lowest BCUT2D eigenvalue weighted by Crippen LogP contribution is -2.37. The predicted molar refractivity (Wildman–Crippen MR) is 101 cm³/mol. The zero-order chi connectivity index (χ0) is 19.7. The number of guanidine groups is 1. The number of aryl methyl sites for hydroxylation is 1. The van der Waals surface area contributed by atoms with E-state index in [9.17, 15) is 13.2 Å². The number of nitrogens with one attached hydrogen (secondary N) is 2. The number of aromatic nitrogens is 1. The summed E-state index contributed by atoms with van der Waals surface area (Å²) in [5, 5.41) is 7.45. The molecule has 27 heavy (non-hydrogen) atoms. The van der Waals surface area contributed by atoms with E-state index in [-0.39, 0.29) is 6.54 Å². The number of nitrogens with zero attached hydrogens (tertiary/aromatic N) is 2. The van der Waals surface area contributed by atoms with E-state index in [0.29, 0.717) is 24.1 Å². The summed E-state index contributed by atoms with van der Waals surface area (Å²) in [6.07, 6.45) is -2.66. The van der Waals surface area contributed by atoms with Crippen molar-refractivity contribution in [2.45, 2.75) is 32.5 Å². The van der Waals surface area contributed by atoms with Crippen molar-refractivity contribution in [3.05, 3.63) is 45.9 Å². The fourth-order valence-electron chi connectivity index (χ4n) is 2.16. The summed E-state index contributed by atoms with van der Waals surface area (Å²) in [7, 11) is 1.61. The van der Waals surface area contributed by atoms with Crippen LogP contribution < -0.4 is 15.4 Å². The van der Waals surface area contributed by atoms with E-state index < -0.39 is 11.9 Å². The second-order valence-electron chi connectivity index (χ2n) is 5.85. The predicted octanol–water partition coefficient (Wildman–Crippen LogP) is 3.99. The molecule has 0 saturated carbocycles. The lowest BCUT2D eigenvalue weighted by molar-refractivity contribution is -0.140. The molecule has 0 fully saturated rings. The average Bonchev–Trinajstić information content (AvgIpc) is 3.11. The van der Waals surface area contributed by atoms with Crippen molar-refractivity contribution in [1.29, 1.82) is 0 Å². The largest absolute Gasteiger partial charge is 0.494 e. The van der Waals surface area contributed by atoms with Crippen molar-refractivity contribution in [2.75, 3.05) is 20.2 Å². The minimum atomic E-state index is -4.41. The summed E-state index contributed by atoms with van der Waals surface area (Å²) in [4.78, 5) is 7.62. The number of alkyl halides is 3. The molecule has 0 unspecified atom stereocenters. The Morgan fingerprint density at radius 1 is 1.19 bits per heavy atom. The second-order valence-corrected chi connectivity index (χ2v) is 6.79. The lowest BCUT2D eigenvalue weighted by Gasteiger charge is -2.11. The molecule has 9 heteroatoms. The zero-order valence-electron chi connectivity index (χ0n) is 15.3. The van der Waals surface area contributed by atoms with E-state index in [4.69, 9.17) is 4.74 Å². The Morgan fingerprint density at radius 3 is 2.56 bits per heavy atom. The van der Waals surface area contributed by atoms with E-state index in [0.717, 1.165) is 35.3 Å². The molecule has 0 aliphatic carbocycles. The molecule has 0 atom stereocenters. The van der Waals surface area contributed by atoms with Gasteiger partial charge in [0.05, 0.1) is 13.2 Å². The number of halogens is 3. The van der Waals surface area contributed by atoms with Crippen LogP contribution in [0.1, 0.15) is 29.1 Å². The number of thiazole rings is 1. The molecular weight excluding hydrogens is 377 g/mol. The van der Waals surface area contributed by atoms with Gasteiger partial charge in [-0.05, 0) is 31.9 Å². The highest BCUT2D eigenvalue weighted by atomic mass is 32.1. The second kappa shape index (κ2) is 10.1. The summed E-state index contributed by atoms with van der Waals surface area (Å²) in [6, 6.07) is 7.91. The van der Waals surface area contributed by atoms with Crippen LogP contribution in [0, 0.1) is 6.92 Å². The summed E-state index contributed by atoms with van der Waals surface area (Å²) in [5.41, 5.74) is 0.332. The van der Waals surface area contributed by atoms with Crippen molar-refractivity contribution in [1.82, 2.24) is 15.6 Å². The third-order valence-corrected chi connectivity index (χ3v) is 4.47. The van der Waals surface area contributed by atoms with E-state index in [1.165, 1.54) is 5.56 Å². The third kappa shape index (κ3) is 7.46. The molecule has 0 aliphatic rings. The average molecular weight is 400 g/mol. The molecule has 0 amide bonds. The maximum atomic E-state index is 12.5. The van der Waals surface area contributed by atoms with Gasteiger partial charge in [0, 0.05) is 19.0 Å². The lowest BCUT2D eigenvalue weighted by atomic mass is 10.2. The van der Waals surface area contributed by atoms with Gasteiger partial charge >= 0.3 is 6.18 Å². The van der Waals surface area contributed by atoms with Crippen LogP contribution in [0.5, 0.6) is 5.75 Å². The van der Waals surface area contributed by atoms with Gasteiger partial charge in [0.2, 0.25) is 0 Å². The number of hydrogen-bond donors (Lipinski definition) is 2. The van der Waals surface area contributed by atoms with Crippen molar-refractivity contribution in [3.8, 4) is 5.75 Å². The fourth-order valence-corrected chi connectivity index (χ4v) is 2.90. The molecule has 2 rings (SSSR count). The molecule has 0 bridgehead atoms. The Bertz CT molecular complexity index is 729. The van der Waals surface area contributed by atoms with Crippen LogP contribution in [0.15, 0.2) is 34.6 Å². The Kier molecular flexibility index (Phi) is 7.90. The normalized spacial score (nSPS) is 12.1. The van der Waals surface area contributed by atoms with E-state index in [1.807, 2.05) is 31.2 Å². The number of hydrogen-bond acceptors (Lipinski definition) is 4. The molecule has 1 aromatic carbocycles. The van der Waals surface area contributed by atoms with Crippen molar-refractivity contribution < 1.29 is 17.9 Å². The summed E-state index contributed by atoms with van der Waals surface area (Å²) < 4.78 is 43.3. The SMILES string of the molecule is CN=C(NCCCCOc1ccc(C)cc1)NCc1nc(C(F)(F)F)cs1. The van der Waals surface area contributed by atoms with Crippen LogP contribution >= 0.6 is 11.3 Å². The first-order valence-corrected chi connectivity index (χ1v) is 9.42. The maximum absolute atomic E-state index is 12.5. The highest BCUT2D eigenvalue weighted by Gasteiger charge is 2.33. The van der Waals surface area contributed by atoms with Crippen LogP contribution in [-0.2, 0) is 12.7 Å². The van der Waals surface area contributed by atoms with Gasteiger partial charge in [0.25, 0.3) is 0 Å². The summed E-state index contributed by atoms with van der Waals surface area (Å²) >= 11 is 0.970. The third-order valence-electron chi connectivity index (χ3n) is 3.63. The molecule has 0 spiro atoms. The first-order chi connectivity index (χ1) is 12.9. The van der Waals surface area contributed by atoms with Gasteiger partial charge < -0.3 is 15.4 Å². The topological polar surface area (TPSA) is 58.5 Å². The maximum Gasteiger partial charge on any atom is 0.434 e. The summed E-state index contributed by atoms with van der Waals surface area (Å²) in [6.45, 7) is 3.52. The van der Waals surface area contributed by atoms with Crippen LogP contribution in [-0.4, -0.2) is 31.1 Å². The monoisotopic (exact) mass is 400 g/mol. The van der Waals surface area contributed by atoms with Crippen LogP contribution in [0.4, 0.5) is 13.2 Å². The number of ether oxygens (including phenoxy) is 1. The standard InChI is InChI=1S/C18H23F3N4OS/c1-13-5-7-14(8-6-13)26-10-4-3-9-23-17(22-2)24-11-16-25-15(12-27-16)18(19,20)21/h5-8,12H,3-4,9-11H2,1-2H3,(H2,22,23,24). The smallest absolute Gasteiger partial charge is 0.434 e. The molecule has 0 aliphatic heterocycles. The van der Waals surface area contributed by atoms with Crippen LogP contribution in [0.2, 0.25) is 0 Å². The van der Waals surface area contributed by atoms with Crippen molar-refractivity contribution in [3.63, 3.8) is 0 Å². The van der Waals surface area contributed by atoms with Gasteiger partial charge in [-0.25, -0.2) is 4.98 Å². The first kappa shape index (κ1) is 21.0. The minimum absolute atomic E-state index is 0.191. The van der Waals surface area contributed by atoms with Crippen LogP contribution in [0.3, 0.4) is 0 Å². The van der Waals surface area contributed by atoms with Gasteiger partial charge in [-0.2, -0.15) is 13.2 Å². The quantitative estimate of drug-likeness (QED) is 0.400. The Morgan fingerprint density at radius 2 is 1.93 bits per heavy atom. The highest BCUT2D eigenvalue weighted by molar-refractivity contribution is 7.09. The van der Waals surface area contributed by atoms with Gasteiger partial charge in [0.1, 0.15) is 10.8 Å². The first-order valence-electron chi connectivity index (χ1n) is 8.54. The molecule has 5 nitrogen and oxygen atoms in total. The Hall–Kier alpha value is -2.29. The molecule has 0 saturated heterocycles. The number of unbranched alkanes of at least 4 members (excludes halogenated alkanes) is 1. The highest BCUT2D eigenvalue weighted by Crippen LogP contribution is 2.29. The molecule has 1 aromatic heterocycles. The molecule has 2 aromatic rings. The zero-order valence-corrected chi connectivity index (χ0v) is 16.1. The van der Waals surface area contributed by atoms with Gasteiger partial charge in [-0.3, -0.25) is 4.99 Å². The number of benzene rings is 1. The number of aliphatic imine (C=N–C) groups is 1. The van der Waals surface area contributed by atoms with E-state index in [1.54, 1.807) is 7.05 Å². The minimum Gasteiger partial charge on any atom is -0.494 e. The number of rotatable bonds is 8. The van der Waals surface area contributed by atoms with Crippen molar-refractivity contribution >= 4 is 17.3 Å². The Labute approximate surface area is 160 Å². The molecule has 1 heterocycles. The van der Waals surface area contributed by atoms with Crippen LogP contribution in [0.25, 0.3) is 0 Å². The van der Waals surface area contributed by atoms with E-state index >= 15 is 0 Å². The van der Waals surface area contributed by atoms with E-state index in [2.05, 4.69) is 20.6 Å². The van der Waals surface area contributed by atoms with Gasteiger partial charge in [-0.15, -0.1) is 11.3 Å². The molecule has 148 valence electrons. The van der Waals surface area contributed by atoms with Gasteiger partial charge in [-0.1, -0.05) is 17.7 Å². The molecular formula is C18H23F3N4OS. The summed E-state index contributed by atoms with van der Waals surface area (Å²) in [5.74, 6) is 1.38. The Balaban J connectivity index is 1.61. The molecule has 0 radical (unpaired) electrons.